The minimum atomic E-state index is -0.788. The van der Waals surface area contributed by atoms with Crippen LogP contribution in [0, 0.1) is 0 Å². The highest BCUT2D eigenvalue weighted by atomic mass is 16.4. The second-order valence-corrected chi connectivity index (χ2v) is 3.78. The van der Waals surface area contributed by atoms with E-state index >= 15 is 0 Å². The van der Waals surface area contributed by atoms with E-state index in [1.807, 2.05) is 18.2 Å². The van der Waals surface area contributed by atoms with E-state index < -0.39 is 12.0 Å². The summed E-state index contributed by atoms with van der Waals surface area (Å²) in [4.78, 5) is 10.8. The molecule has 2 rings (SSSR count). The molecule has 1 aromatic rings. The quantitative estimate of drug-likeness (QED) is 0.648. The van der Waals surface area contributed by atoms with Crippen LogP contribution in [0.3, 0.4) is 0 Å². The number of nitrogens with two attached hydrogens (primary N) is 1. The first kappa shape index (κ1) is 10.1. The Morgan fingerprint density at radius 1 is 1.53 bits per heavy atom. The third-order valence-electron chi connectivity index (χ3n) is 2.77. The third-order valence-corrected chi connectivity index (χ3v) is 2.77. The van der Waals surface area contributed by atoms with E-state index in [1.165, 1.54) is 0 Å². The molecule has 1 aromatic carbocycles. The summed E-state index contributed by atoms with van der Waals surface area (Å²) >= 11 is 0. The molecule has 1 aliphatic heterocycles. The van der Waals surface area contributed by atoms with Gasteiger partial charge < -0.3 is 16.2 Å². The molecule has 1 aliphatic rings. The maximum Gasteiger partial charge on any atom is 0.321 e. The molecule has 4 nitrogen and oxygen atoms in total. The van der Waals surface area contributed by atoms with Crippen LogP contribution in [-0.4, -0.2) is 17.1 Å². The molecule has 4 N–H and O–H groups in total. The maximum absolute atomic E-state index is 10.8. The topological polar surface area (TPSA) is 75.3 Å². The lowest BCUT2D eigenvalue weighted by molar-refractivity contribution is -0.139. The fraction of sp³-hybridized carbons (Fsp3) is 0.364. The molecule has 1 unspecified atom stereocenters. The number of rotatable bonds is 2. The van der Waals surface area contributed by atoms with E-state index in [4.69, 9.17) is 10.8 Å². The summed E-state index contributed by atoms with van der Waals surface area (Å²) in [5, 5.41) is 11.9. The van der Waals surface area contributed by atoms with Crippen molar-refractivity contribution >= 4 is 5.97 Å². The van der Waals surface area contributed by atoms with Crippen molar-refractivity contribution in [3.05, 3.63) is 34.9 Å². The zero-order chi connectivity index (χ0) is 10.8. The smallest absolute Gasteiger partial charge is 0.321 e. The SMILES string of the molecule is NCc1ccc2c(c1)CNC(C(=O)O)C2. The Hall–Kier alpha value is -1.39. The van der Waals surface area contributed by atoms with Crippen LogP contribution in [0.1, 0.15) is 16.7 Å². The van der Waals surface area contributed by atoms with Crippen LogP contribution in [0.5, 0.6) is 0 Å². The molecule has 1 atom stereocenters. The van der Waals surface area contributed by atoms with E-state index in [0.29, 0.717) is 19.5 Å². The lowest BCUT2D eigenvalue weighted by Gasteiger charge is -2.23. The monoisotopic (exact) mass is 206 g/mol. The highest BCUT2D eigenvalue weighted by Crippen LogP contribution is 2.18. The Kier molecular flexibility index (Phi) is 2.70. The number of benzene rings is 1. The molecule has 0 aliphatic carbocycles. The Labute approximate surface area is 88.1 Å². The van der Waals surface area contributed by atoms with E-state index in [9.17, 15) is 4.79 Å². The first-order valence-electron chi connectivity index (χ1n) is 4.97. The van der Waals surface area contributed by atoms with Crippen molar-refractivity contribution in [1.29, 1.82) is 0 Å². The molecule has 80 valence electrons. The number of hydrogen-bond donors (Lipinski definition) is 3. The second kappa shape index (κ2) is 4.00. The van der Waals surface area contributed by atoms with Crippen molar-refractivity contribution in [2.75, 3.05) is 0 Å². The number of carboxylic acids is 1. The molecule has 1 heterocycles. The van der Waals surface area contributed by atoms with Gasteiger partial charge in [-0.2, -0.15) is 0 Å². The predicted molar refractivity (Wildman–Crippen MR) is 56.3 cm³/mol. The first-order chi connectivity index (χ1) is 7.20. The number of aliphatic carboxylic acids is 1. The minimum Gasteiger partial charge on any atom is -0.480 e. The van der Waals surface area contributed by atoms with Crippen LogP contribution in [-0.2, 0) is 24.3 Å². The van der Waals surface area contributed by atoms with Crippen LogP contribution >= 0.6 is 0 Å². The average molecular weight is 206 g/mol. The summed E-state index contributed by atoms with van der Waals surface area (Å²) in [7, 11) is 0. The van der Waals surface area contributed by atoms with Gasteiger partial charge in [0.1, 0.15) is 6.04 Å². The fourth-order valence-electron chi connectivity index (χ4n) is 1.87. The number of carbonyl (C=O) groups is 1. The molecule has 0 spiro atoms. The lowest BCUT2D eigenvalue weighted by Crippen LogP contribution is -2.41. The Morgan fingerprint density at radius 3 is 3.00 bits per heavy atom. The van der Waals surface area contributed by atoms with Crippen LogP contribution in [0.2, 0.25) is 0 Å². The van der Waals surface area contributed by atoms with Gasteiger partial charge >= 0.3 is 5.97 Å². The van der Waals surface area contributed by atoms with Crippen molar-refractivity contribution in [3.63, 3.8) is 0 Å². The molecular weight excluding hydrogens is 192 g/mol. The number of carboxylic acid groups (broad SMARTS) is 1. The average Bonchev–Trinajstić information content (AvgIpc) is 2.27. The Balaban J connectivity index is 2.24. The lowest BCUT2D eigenvalue weighted by atomic mass is 9.94. The van der Waals surface area contributed by atoms with Crippen molar-refractivity contribution in [3.8, 4) is 0 Å². The molecule has 0 aromatic heterocycles. The largest absolute Gasteiger partial charge is 0.480 e. The molecule has 0 amide bonds. The van der Waals surface area contributed by atoms with Crippen LogP contribution in [0.25, 0.3) is 0 Å². The molecule has 4 heteroatoms. The van der Waals surface area contributed by atoms with Gasteiger partial charge in [0.05, 0.1) is 0 Å². The number of nitrogens with one attached hydrogen (secondary N) is 1. The van der Waals surface area contributed by atoms with Gasteiger partial charge in [-0.1, -0.05) is 18.2 Å². The Morgan fingerprint density at radius 2 is 2.33 bits per heavy atom. The first-order valence-corrected chi connectivity index (χ1v) is 4.97. The summed E-state index contributed by atoms with van der Waals surface area (Å²) in [5.74, 6) is -0.788. The predicted octanol–water partition coefficient (Wildman–Crippen LogP) is 0.244. The van der Waals surface area contributed by atoms with Crippen LogP contribution in [0.4, 0.5) is 0 Å². The summed E-state index contributed by atoms with van der Waals surface area (Å²) in [6.07, 6.45) is 0.551. The summed E-state index contributed by atoms with van der Waals surface area (Å²) in [6.45, 7) is 1.13. The molecule has 0 fully saturated rings. The van der Waals surface area contributed by atoms with Crippen molar-refractivity contribution in [2.45, 2.75) is 25.6 Å². The van der Waals surface area contributed by atoms with Gasteiger partial charge in [0.2, 0.25) is 0 Å². The minimum absolute atomic E-state index is 0.457. The number of hydrogen-bond acceptors (Lipinski definition) is 3. The molecule has 0 saturated carbocycles. The van der Waals surface area contributed by atoms with Gasteiger partial charge in [-0.15, -0.1) is 0 Å². The zero-order valence-corrected chi connectivity index (χ0v) is 8.36. The highest BCUT2D eigenvalue weighted by Gasteiger charge is 2.23. The van der Waals surface area contributed by atoms with Gasteiger partial charge in [-0.25, -0.2) is 0 Å². The molecule has 15 heavy (non-hydrogen) atoms. The fourth-order valence-corrected chi connectivity index (χ4v) is 1.87. The summed E-state index contributed by atoms with van der Waals surface area (Å²) in [6, 6.07) is 5.53. The van der Waals surface area contributed by atoms with E-state index in [-0.39, 0.29) is 0 Å². The van der Waals surface area contributed by atoms with Crippen LogP contribution in [0.15, 0.2) is 18.2 Å². The van der Waals surface area contributed by atoms with E-state index in [1.54, 1.807) is 0 Å². The maximum atomic E-state index is 10.8. The summed E-state index contributed by atoms with van der Waals surface area (Å²) in [5.41, 5.74) is 8.90. The standard InChI is InChI=1S/C11H14N2O2/c12-5-7-1-2-8-4-10(11(14)15)13-6-9(8)3-7/h1-3,10,13H,4-6,12H2,(H,14,15). The van der Waals surface area contributed by atoms with Crippen molar-refractivity contribution in [2.24, 2.45) is 5.73 Å². The normalized spacial score (nSPS) is 19.7. The van der Waals surface area contributed by atoms with Gasteiger partial charge in [0.25, 0.3) is 0 Å². The zero-order valence-electron chi connectivity index (χ0n) is 8.36. The van der Waals surface area contributed by atoms with Crippen molar-refractivity contribution in [1.82, 2.24) is 5.32 Å². The van der Waals surface area contributed by atoms with Gasteiger partial charge in [0, 0.05) is 13.1 Å². The van der Waals surface area contributed by atoms with Crippen molar-refractivity contribution < 1.29 is 9.90 Å². The molecule has 0 radical (unpaired) electrons. The second-order valence-electron chi connectivity index (χ2n) is 3.78. The van der Waals surface area contributed by atoms with E-state index in [2.05, 4.69) is 5.32 Å². The van der Waals surface area contributed by atoms with Gasteiger partial charge in [-0.3, -0.25) is 4.79 Å². The molecule has 0 saturated heterocycles. The third kappa shape index (κ3) is 2.00. The Bertz CT molecular complexity index is 390. The highest BCUT2D eigenvalue weighted by molar-refractivity contribution is 5.74. The van der Waals surface area contributed by atoms with Gasteiger partial charge in [-0.05, 0) is 23.1 Å². The summed E-state index contributed by atoms with van der Waals surface area (Å²) < 4.78 is 0. The number of fused-ring (bicyclic) bond motifs is 1. The van der Waals surface area contributed by atoms with E-state index in [0.717, 1.165) is 16.7 Å². The molecule has 0 bridgehead atoms. The molecular formula is C11H14N2O2. The van der Waals surface area contributed by atoms with Gasteiger partial charge in [0.15, 0.2) is 0 Å². The van der Waals surface area contributed by atoms with Crippen LogP contribution < -0.4 is 11.1 Å².